The Balaban J connectivity index is 0.00000240. The number of fused-ring (bicyclic) bond motifs is 1. The molecule has 0 aliphatic heterocycles. The van der Waals surface area contributed by atoms with Gasteiger partial charge in [-0.25, -0.2) is 9.37 Å². The molecule has 0 saturated carbocycles. The SMILES string of the molecule is CC(C)C(N)CCC(N)CNC(=O)c1nc2ccc(-c3ccc(F)cc3)cc2[nH]1.Cl.Cl. The first-order valence-electron chi connectivity index (χ1n) is 9.88. The van der Waals surface area contributed by atoms with E-state index in [4.69, 9.17) is 11.5 Å². The second-order valence-corrected chi connectivity index (χ2v) is 7.78. The van der Waals surface area contributed by atoms with Gasteiger partial charge < -0.3 is 21.8 Å². The van der Waals surface area contributed by atoms with E-state index < -0.39 is 0 Å². The zero-order valence-electron chi connectivity index (χ0n) is 17.6. The smallest absolute Gasteiger partial charge is 0.287 e. The number of carbonyl (C=O) groups excluding carboxylic acids is 1. The normalized spacial score (nSPS) is 12.7. The Labute approximate surface area is 194 Å². The molecule has 1 aromatic heterocycles. The molecule has 0 bridgehead atoms. The molecule has 0 fully saturated rings. The summed E-state index contributed by atoms with van der Waals surface area (Å²) < 4.78 is 13.1. The summed E-state index contributed by atoms with van der Waals surface area (Å²) in [5.74, 6) is 0.0716. The molecule has 6 nitrogen and oxygen atoms in total. The van der Waals surface area contributed by atoms with Gasteiger partial charge in [-0.3, -0.25) is 4.79 Å². The van der Waals surface area contributed by atoms with Crippen molar-refractivity contribution in [3.63, 3.8) is 0 Å². The fraction of sp³-hybridized carbons (Fsp3) is 0.364. The third-order valence-corrected chi connectivity index (χ3v) is 5.13. The van der Waals surface area contributed by atoms with Crippen LogP contribution in [0.4, 0.5) is 4.39 Å². The van der Waals surface area contributed by atoms with Crippen LogP contribution < -0.4 is 16.8 Å². The van der Waals surface area contributed by atoms with Gasteiger partial charge in [0, 0.05) is 18.6 Å². The number of aromatic nitrogens is 2. The summed E-state index contributed by atoms with van der Waals surface area (Å²) in [6.07, 6.45) is 1.58. The first kappa shape index (κ1) is 26.8. The zero-order valence-corrected chi connectivity index (χ0v) is 19.2. The number of hydrogen-bond donors (Lipinski definition) is 4. The number of nitrogens with zero attached hydrogens (tertiary/aromatic N) is 1. The molecule has 9 heteroatoms. The van der Waals surface area contributed by atoms with Gasteiger partial charge in [0.15, 0.2) is 5.82 Å². The topological polar surface area (TPSA) is 110 Å². The lowest BCUT2D eigenvalue weighted by atomic mass is 9.98. The summed E-state index contributed by atoms with van der Waals surface area (Å²) in [5.41, 5.74) is 15.4. The predicted molar refractivity (Wildman–Crippen MR) is 128 cm³/mol. The summed E-state index contributed by atoms with van der Waals surface area (Å²) in [7, 11) is 0. The Morgan fingerprint density at radius 1 is 1.06 bits per heavy atom. The number of halogens is 3. The van der Waals surface area contributed by atoms with Gasteiger partial charge in [0.25, 0.3) is 5.91 Å². The molecule has 2 atom stereocenters. The molecule has 3 aromatic rings. The number of aromatic amines is 1. The number of carbonyl (C=O) groups is 1. The largest absolute Gasteiger partial charge is 0.348 e. The number of hydrogen-bond acceptors (Lipinski definition) is 4. The first-order valence-corrected chi connectivity index (χ1v) is 9.88. The summed E-state index contributed by atoms with van der Waals surface area (Å²) in [6.45, 7) is 4.53. The van der Waals surface area contributed by atoms with Crippen molar-refractivity contribution in [2.75, 3.05) is 6.54 Å². The molecule has 0 radical (unpaired) electrons. The monoisotopic (exact) mass is 469 g/mol. The highest BCUT2D eigenvalue weighted by Crippen LogP contribution is 2.23. The van der Waals surface area contributed by atoms with Crippen LogP contribution in [0.5, 0.6) is 0 Å². The number of imidazole rings is 1. The van der Waals surface area contributed by atoms with Crippen LogP contribution in [0.3, 0.4) is 0 Å². The van der Waals surface area contributed by atoms with E-state index in [1.54, 1.807) is 12.1 Å². The highest BCUT2D eigenvalue weighted by atomic mass is 35.5. The van der Waals surface area contributed by atoms with E-state index in [1.807, 2.05) is 18.2 Å². The molecule has 0 saturated heterocycles. The fourth-order valence-corrected chi connectivity index (χ4v) is 3.09. The minimum absolute atomic E-state index is 0. The van der Waals surface area contributed by atoms with Crippen molar-refractivity contribution in [1.29, 1.82) is 0 Å². The Morgan fingerprint density at radius 2 is 1.71 bits per heavy atom. The molecule has 0 aliphatic rings. The van der Waals surface area contributed by atoms with E-state index >= 15 is 0 Å². The highest BCUT2D eigenvalue weighted by Gasteiger charge is 2.15. The van der Waals surface area contributed by atoms with Gasteiger partial charge in [0.2, 0.25) is 0 Å². The quantitative estimate of drug-likeness (QED) is 0.398. The van der Waals surface area contributed by atoms with Gasteiger partial charge in [-0.2, -0.15) is 0 Å². The molecular weight excluding hydrogens is 440 g/mol. The Morgan fingerprint density at radius 3 is 2.35 bits per heavy atom. The molecular formula is C22H30Cl2FN5O. The van der Waals surface area contributed by atoms with Gasteiger partial charge in [-0.1, -0.05) is 32.0 Å². The van der Waals surface area contributed by atoms with Gasteiger partial charge in [0.1, 0.15) is 5.82 Å². The van der Waals surface area contributed by atoms with Gasteiger partial charge in [0.05, 0.1) is 11.0 Å². The van der Waals surface area contributed by atoms with E-state index in [2.05, 4.69) is 29.1 Å². The lowest BCUT2D eigenvalue weighted by Crippen LogP contribution is -2.39. The van der Waals surface area contributed by atoms with E-state index in [1.165, 1.54) is 12.1 Å². The molecule has 0 spiro atoms. The molecule has 3 rings (SSSR count). The second kappa shape index (κ2) is 12.0. The summed E-state index contributed by atoms with van der Waals surface area (Å²) in [6, 6.07) is 11.9. The van der Waals surface area contributed by atoms with Gasteiger partial charge in [-0.15, -0.1) is 24.8 Å². The number of benzene rings is 2. The number of rotatable bonds is 8. The summed E-state index contributed by atoms with van der Waals surface area (Å²) >= 11 is 0. The maximum absolute atomic E-state index is 13.1. The van der Waals surface area contributed by atoms with Crippen LogP contribution in [0.2, 0.25) is 0 Å². The average Bonchev–Trinajstić information content (AvgIpc) is 3.14. The predicted octanol–water partition coefficient (Wildman–Crippen LogP) is 4.03. The summed E-state index contributed by atoms with van der Waals surface area (Å²) in [5, 5.41) is 2.82. The van der Waals surface area contributed by atoms with Crippen LogP contribution in [-0.4, -0.2) is 34.5 Å². The van der Waals surface area contributed by atoms with Crippen molar-refractivity contribution in [1.82, 2.24) is 15.3 Å². The van der Waals surface area contributed by atoms with Crippen LogP contribution in [0.15, 0.2) is 42.5 Å². The third kappa shape index (κ3) is 7.18. The van der Waals surface area contributed by atoms with Crippen molar-refractivity contribution in [3.05, 3.63) is 54.1 Å². The maximum Gasteiger partial charge on any atom is 0.287 e. The Kier molecular flexibility index (Phi) is 10.4. The van der Waals surface area contributed by atoms with Crippen molar-refractivity contribution in [3.8, 4) is 11.1 Å². The van der Waals surface area contributed by atoms with E-state index in [9.17, 15) is 9.18 Å². The first-order chi connectivity index (χ1) is 13.8. The standard InChI is InChI=1S/C22H28FN5O.2ClH/c1-13(2)18(25)9-8-17(24)12-26-22(29)21-27-19-10-5-15(11-20(19)28-21)14-3-6-16(23)7-4-14;;/h3-7,10-11,13,17-18H,8-9,12,24-25H2,1-2H3,(H,26,29)(H,27,28);2*1H. The van der Waals surface area contributed by atoms with Crippen LogP contribution in [0.1, 0.15) is 37.3 Å². The van der Waals surface area contributed by atoms with E-state index in [0.717, 1.165) is 29.5 Å². The zero-order chi connectivity index (χ0) is 21.0. The third-order valence-electron chi connectivity index (χ3n) is 5.13. The molecule has 1 heterocycles. The van der Waals surface area contributed by atoms with Crippen molar-refractivity contribution < 1.29 is 9.18 Å². The summed E-state index contributed by atoms with van der Waals surface area (Å²) in [4.78, 5) is 19.8. The lowest BCUT2D eigenvalue weighted by Gasteiger charge is -2.18. The van der Waals surface area contributed by atoms with Gasteiger partial charge >= 0.3 is 0 Å². The Hall–Kier alpha value is -2.19. The van der Waals surface area contributed by atoms with Gasteiger partial charge in [-0.05, 0) is 54.2 Å². The average molecular weight is 470 g/mol. The minimum atomic E-state index is -0.298. The number of H-pyrrole nitrogens is 1. The molecule has 170 valence electrons. The number of amides is 1. The number of nitrogens with one attached hydrogen (secondary N) is 2. The lowest BCUT2D eigenvalue weighted by molar-refractivity contribution is 0.0941. The van der Waals surface area contributed by atoms with Crippen LogP contribution >= 0.6 is 24.8 Å². The maximum atomic E-state index is 13.1. The van der Waals surface area contributed by atoms with Crippen molar-refractivity contribution >= 4 is 41.8 Å². The van der Waals surface area contributed by atoms with E-state index in [0.29, 0.717) is 18.0 Å². The fourth-order valence-electron chi connectivity index (χ4n) is 3.09. The molecule has 2 aromatic carbocycles. The molecule has 6 N–H and O–H groups in total. The van der Waals surface area contributed by atoms with E-state index in [-0.39, 0.29) is 54.4 Å². The van der Waals surface area contributed by atoms with Crippen LogP contribution in [-0.2, 0) is 0 Å². The highest BCUT2D eigenvalue weighted by molar-refractivity contribution is 5.95. The number of nitrogens with two attached hydrogens (primary N) is 2. The molecule has 2 unspecified atom stereocenters. The Bertz CT molecular complexity index is 978. The second-order valence-electron chi connectivity index (χ2n) is 7.78. The molecule has 1 amide bonds. The van der Waals surface area contributed by atoms with Crippen LogP contribution in [0, 0.1) is 11.7 Å². The minimum Gasteiger partial charge on any atom is -0.348 e. The van der Waals surface area contributed by atoms with Crippen molar-refractivity contribution in [2.24, 2.45) is 17.4 Å². The van der Waals surface area contributed by atoms with Crippen LogP contribution in [0.25, 0.3) is 22.2 Å². The molecule has 31 heavy (non-hydrogen) atoms. The van der Waals surface area contributed by atoms with Crippen molar-refractivity contribution in [2.45, 2.75) is 38.8 Å². The molecule has 0 aliphatic carbocycles.